The van der Waals surface area contributed by atoms with E-state index >= 15 is 0 Å². The van der Waals surface area contributed by atoms with E-state index in [4.69, 9.17) is 14.2 Å². The number of unbranched alkanes of at least 4 members (excludes halogenated alkanes) is 2. The third-order valence-corrected chi connectivity index (χ3v) is 11.0. The normalized spacial score (nSPS) is 18.1. The molecule has 0 spiro atoms. The predicted octanol–water partition coefficient (Wildman–Crippen LogP) is 4.08. The highest BCUT2D eigenvalue weighted by Gasteiger charge is 2.43. The van der Waals surface area contributed by atoms with E-state index in [0.29, 0.717) is 61.7 Å². The van der Waals surface area contributed by atoms with Gasteiger partial charge in [0.05, 0.1) is 17.0 Å². The monoisotopic (exact) mass is 755 g/mol. The zero-order chi connectivity index (χ0) is 37.0. The van der Waals surface area contributed by atoms with Crippen LogP contribution in [0, 0.1) is 10.1 Å². The second-order valence-corrected chi connectivity index (χ2v) is 14.5. The Labute approximate surface area is 306 Å². The minimum absolute atomic E-state index is 0.0301. The predicted molar refractivity (Wildman–Crippen MR) is 189 cm³/mol. The molecule has 276 valence electrons. The van der Waals surface area contributed by atoms with Crippen molar-refractivity contribution in [3.63, 3.8) is 0 Å². The van der Waals surface area contributed by atoms with Crippen LogP contribution in [0.5, 0.6) is 11.5 Å². The molecule has 0 aromatic heterocycles. The van der Waals surface area contributed by atoms with Crippen LogP contribution < -0.4 is 14.8 Å². The van der Waals surface area contributed by atoms with Gasteiger partial charge in [0, 0.05) is 74.8 Å². The van der Waals surface area contributed by atoms with Crippen LogP contribution in [0.1, 0.15) is 37.7 Å². The zero-order valence-corrected chi connectivity index (χ0v) is 29.6. The number of nitrogens with one attached hydrogen (secondary N) is 1. The average molecular weight is 756 g/mol. The molecule has 0 saturated carbocycles. The Morgan fingerprint density at radius 2 is 1.42 bits per heavy atom. The van der Waals surface area contributed by atoms with Crippen molar-refractivity contribution in [2.45, 2.75) is 50.8 Å². The summed E-state index contributed by atoms with van der Waals surface area (Å²) in [7, 11) is 3.32. The highest BCUT2D eigenvalue weighted by atomic mass is 33.1. The summed E-state index contributed by atoms with van der Waals surface area (Å²) in [6.07, 6.45) is 3.34. The number of nitro benzene ring substituents is 1. The lowest BCUT2D eigenvalue weighted by atomic mass is 10.0. The minimum atomic E-state index is -0.982. The average Bonchev–Trinajstić information content (AvgIpc) is 3.47. The number of hydrogen-bond acceptors (Lipinski definition) is 13. The molecule has 2 fully saturated rings. The quantitative estimate of drug-likeness (QED) is 0.0552. The molecule has 3 aliphatic heterocycles. The zero-order valence-electron chi connectivity index (χ0n) is 28.0. The van der Waals surface area contributed by atoms with Crippen LogP contribution in [0.25, 0.3) is 0 Å². The van der Waals surface area contributed by atoms with Crippen molar-refractivity contribution < 1.29 is 47.9 Å². The highest BCUT2D eigenvalue weighted by molar-refractivity contribution is 8.76. The van der Waals surface area contributed by atoms with Crippen molar-refractivity contribution in [1.29, 1.82) is 0 Å². The number of fused-ring (bicyclic) bond motifs is 1. The van der Waals surface area contributed by atoms with E-state index in [1.54, 1.807) is 50.8 Å². The Bertz CT molecular complexity index is 1670. The van der Waals surface area contributed by atoms with E-state index in [1.807, 2.05) is 4.90 Å². The molecule has 0 bridgehead atoms. The first-order chi connectivity index (χ1) is 25.1. The number of imide groups is 1. The van der Waals surface area contributed by atoms with Crippen molar-refractivity contribution in [3.8, 4) is 11.5 Å². The molecule has 0 aliphatic carbocycles. The number of benzene rings is 2. The molecule has 16 nitrogen and oxygen atoms in total. The van der Waals surface area contributed by atoms with Gasteiger partial charge in [-0.1, -0.05) is 40.1 Å². The van der Waals surface area contributed by atoms with Gasteiger partial charge in [-0.3, -0.25) is 34.2 Å². The van der Waals surface area contributed by atoms with Gasteiger partial charge in [-0.15, -0.1) is 0 Å². The van der Waals surface area contributed by atoms with Gasteiger partial charge >= 0.3 is 12.2 Å². The molecule has 1 unspecified atom stereocenters. The SMILES string of the molecule is O=C(CCN1C(=O)C=CC1=O)NCCCCCC(=O)N1CCN(C(=O)Oc2ccc(COC(=O)Oc3ccc([N+](=O)[O-])cc3)cc2)C2CSSC[C@H]21. The van der Waals surface area contributed by atoms with Gasteiger partial charge in [0.2, 0.25) is 11.8 Å². The van der Waals surface area contributed by atoms with Gasteiger partial charge in [0.25, 0.3) is 17.5 Å². The number of piperazine rings is 1. The van der Waals surface area contributed by atoms with Crippen molar-refractivity contribution in [1.82, 2.24) is 20.0 Å². The van der Waals surface area contributed by atoms with Crippen molar-refractivity contribution >= 4 is 63.2 Å². The van der Waals surface area contributed by atoms with E-state index in [-0.39, 0.29) is 54.9 Å². The van der Waals surface area contributed by atoms with Crippen LogP contribution in [-0.2, 0) is 30.5 Å². The Kier molecular flexibility index (Phi) is 13.5. The minimum Gasteiger partial charge on any atom is -0.429 e. The van der Waals surface area contributed by atoms with Crippen LogP contribution in [0.3, 0.4) is 0 Å². The lowest BCUT2D eigenvalue weighted by Gasteiger charge is -2.48. The molecule has 0 radical (unpaired) electrons. The van der Waals surface area contributed by atoms with Gasteiger partial charge in [-0.25, -0.2) is 9.59 Å². The van der Waals surface area contributed by atoms with Crippen LogP contribution in [0.2, 0.25) is 0 Å². The van der Waals surface area contributed by atoms with Crippen LogP contribution >= 0.6 is 21.6 Å². The largest absolute Gasteiger partial charge is 0.514 e. The smallest absolute Gasteiger partial charge is 0.429 e. The molecule has 3 heterocycles. The Balaban J connectivity index is 1.00. The fourth-order valence-corrected chi connectivity index (χ4v) is 8.45. The number of nitrogens with zero attached hydrogens (tertiary/aromatic N) is 4. The molecule has 1 N–H and O–H groups in total. The molecule has 5 rings (SSSR count). The van der Waals surface area contributed by atoms with Gasteiger partial charge in [-0.05, 0) is 42.7 Å². The second kappa shape index (κ2) is 18.4. The molecular weight excluding hydrogens is 719 g/mol. The summed E-state index contributed by atoms with van der Waals surface area (Å²) in [6.45, 7) is 1.08. The summed E-state index contributed by atoms with van der Waals surface area (Å²) in [5, 5.41) is 13.6. The van der Waals surface area contributed by atoms with Gasteiger partial charge in [-0.2, -0.15) is 0 Å². The number of ether oxygens (including phenoxy) is 3. The molecule has 2 aromatic rings. The van der Waals surface area contributed by atoms with Crippen molar-refractivity contribution in [2.24, 2.45) is 0 Å². The second-order valence-electron chi connectivity index (χ2n) is 12.0. The van der Waals surface area contributed by atoms with E-state index in [2.05, 4.69) is 5.32 Å². The topological polar surface area (TPSA) is 195 Å². The maximum Gasteiger partial charge on any atom is 0.514 e. The third kappa shape index (κ3) is 10.5. The highest BCUT2D eigenvalue weighted by Crippen LogP contribution is 2.37. The summed E-state index contributed by atoms with van der Waals surface area (Å²) < 4.78 is 15.8. The number of carbonyl (C=O) groups excluding carboxylic acids is 6. The van der Waals surface area contributed by atoms with Gasteiger partial charge < -0.3 is 29.3 Å². The van der Waals surface area contributed by atoms with Crippen LogP contribution in [0.4, 0.5) is 15.3 Å². The molecule has 2 aromatic carbocycles. The standard InChI is InChI=1S/C34H37N5O11S2/c40-29(15-17-38-31(42)13-14-32(38)43)35-16-3-1-2-4-30(41)36-18-19-37(28-22-52-51-21-27(28)36)33(44)49-25-9-5-23(6-10-25)20-48-34(45)50-26-11-7-24(8-12-26)39(46)47/h5-14,27-28H,1-4,15-22H2,(H,35,40)/t27-,28?/m1/s1. The van der Waals surface area contributed by atoms with E-state index in [1.165, 1.54) is 36.4 Å². The van der Waals surface area contributed by atoms with E-state index in [9.17, 15) is 38.9 Å². The van der Waals surface area contributed by atoms with Crippen molar-refractivity contribution in [3.05, 3.63) is 76.4 Å². The summed E-state index contributed by atoms with van der Waals surface area (Å²) in [5.41, 5.74) is 0.475. The maximum atomic E-state index is 13.3. The Morgan fingerprint density at radius 1 is 0.808 bits per heavy atom. The van der Waals surface area contributed by atoms with Gasteiger partial charge in [0.15, 0.2) is 0 Å². The molecule has 3 aliphatic rings. The molecule has 5 amide bonds. The number of hydrogen-bond donors (Lipinski definition) is 1. The third-order valence-electron chi connectivity index (χ3n) is 8.53. The first-order valence-electron chi connectivity index (χ1n) is 16.6. The number of rotatable bonds is 14. The van der Waals surface area contributed by atoms with E-state index in [0.717, 1.165) is 11.3 Å². The number of non-ortho nitro benzene ring substituents is 1. The fraction of sp³-hybridized carbons (Fsp3) is 0.412. The lowest BCUT2D eigenvalue weighted by molar-refractivity contribution is -0.384. The summed E-state index contributed by atoms with van der Waals surface area (Å²) in [5.74, 6) is 0.688. The van der Waals surface area contributed by atoms with Gasteiger partial charge in [0.1, 0.15) is 18.1 Å². The molecule has 2 saturated heterocycles. The van der Waals surface area contributed by atoms with E-state index < -0.39 is 29.0 Å². The van der Waals surface area contributed by atoms with Crippen LogP contribution in [0.15, 0.2) is 60.7 Å². The first-order valence-corrected chi connectivity index (χ1v) is 19.1. The number of carbonyl (C=O) groups is 6. The number of amides is 5. The molecular formula is C34H37N5O11S2. The molecule has 52 heavy (non-hydrogen) atoms. The lowest BCUT2D eigenvalue weighted by Crippen LogP contribution is -2.65. The van der Waals surface area contributed by atoms with Crippen LogP contribution in [-0.4, -0.2) is 105 Å². The summed E-state index contributed by atoms with van der Waals surface area (Å²) in [6, 6.07) is 11.1. The summed E-state index contributed by atoms with van der Waals surface area (Å²) >= 11 is 0. The Morgan fingerprint density at radius 3 is 2.10 bits per heavy atom. The fourth-order valence-electron chi connectivity index (χ4n) is 5.76. The first kappa shape index (κ1) is 38.1. The summed E-state index contributed by atoms with van der Waals surface area (Å²) in [4.78, 5) is 88.6. The Hall–Kier alpha value is -5.10. The van der Waals surface area contributed by atoms with Crippen molar-refractivity contribution in [2.75, 3.05) is 37.7 Å². The maximum absolute atomic E-state index is 13.3. The number of nitro groups is 1. The molecule has 2 atom stereocenters. The molecule has 18 heteroatoms.